The molecule has 8 heteroatoms. The first-order valence-corrected chi connectivity index (χ1v) is 8.69. The summed E-state index contributed by atoms with van der Waals surface area (Å²) in [5, 5.41) is 4.16. The number of halogens is 2. The molecule has 5 nitrogen and oxygen atoms in total. The number of carbonyl (C=O) groups is 1. The summed E-state index contributed by atoms with van der Waals surface area (Å²) in [7, 11) is 1.78. The highest BCUT2D eigenvalue weighted by molar-refractivity contribution is 7.18. The van der Waals surface area contributed by atoms with Crippen LogP contribution in [0.2, 0.25) is 4.34 Å². The summed E-state index contributed by atoms with van der Waals surface area (Å²) in [5.74, 6) is -1.27. The van der Waals surface area contributed by atoms with E-state index in [9.17, 15) is 9.18 Å². The summed E-state index contributed by atoms with van der Waals surface area (Å²) in [5.41, 5.74) is 14.4. The van der Waals surface area contributed by atoms with E-state index in [-0.39, 0.29) is 18.3 Å². The summed E-state index contributed by atoms with van der Waals surface area (Å²) >= 11 is 7.56. The van der Waals surface area contributed by atoms with Crippen LogP contribution in [0.25, 0.3) is 11.3 Å². The zero-order valence-electron chi connectivity index (χ0n) is 13.4. The van der Waals surface area contributed by atoms with E-state index < -0.39 is 5.91 Å². The van der Waals surface area contributed by atoms with Crippen LogP contribution in [-0.2, 0) is 7.05 Å². The Morgan fingerprint density at radius 3 is 2.56 bits per heavy atom. The van der Waals surface area contributed by atoms with Gasteiger partial charge in [-0.3, -0.25) is 9.48 Å². The number of carbonyl (C=O) groups excluding carboxylic acids is 1. The highest BCUT2D eigenvalue weighted by Crippen LogP contribution is 2.45. The first-order chi connectivity index (χ1) is 11.9. The van der Waals surface area contributed by atoms with Crippen molar-refractivity contribution in [1.82, 2.24) is 9.78 Å². The molecule has 0 fully saturated rings. The molecule has 1 unspecified atom stereocenters. The van der Waals surface area contributed by atoms with Crippen LogP contribution in [0.4, 0.5) is 4.39 Å². The summed E-state index contributed by atoms with van der Waals surface area (Å²) < 4.78 is 15.4. The fourth-order valence-electron chi connectivity index (χ4n) is 2.90. The summed E-state index contributed by atoms with van der Waals surface area (Å²) in [4.78, 5) is 12.3. The van der Waals surface area contributed by atoms with Gasteiger partial charge < -0.3 is 11.5 Å². The Balaban J connectivity index is 2.27. The number of hydrogen-bond acceptors (Lipinski definition) is 4. The van der Waals surface area contributed by atoms with Crippen LogP contribution in [0, 0.1) is 5.82 Å². The van der Waals surface area contributed by atoms with Crippen molar-refractivity contribution in [1.29, 1.82) is 0 Å². The highest BCUT2D eigenvalue weighted by atomic mass is 35.5. The molecule has 0 saturated carbocycles. The first-order valence-electron chi connectivity index (χ1n) is 7.50. The number of benzene rings is 1. The van der Waals surface area contributed by atoms with Crippen molar-refractivity contribution in [2.24, 2.45) is 18.5 Å². The molecule has 2 aromatic heterocycles. The molecule has 130 valence electrons. The van der Waals surface area contributed by atoms with Gasteiger partial charge in [0.15, 0.2) is 0 Å². The molecule has 0 saturated heterocycles. The number of nitrogens with two attached hydrogens (primary N) is 2. The zero-order valence-corrected chi connectivity index (χ0v) is 14.9. The molecule has 0 aliphatic heterocycles. The van der Waals surface area contributed by atoms with Crippen molar-refractivity contribution in [2.75, 3.05) is 6.54 Å². The minimum Gasteiger partial charge on any atom is -0.365 e. The second-order valence-corrected chi connectivity index (χ2v) is 7.16. The van der Waals surface area contributed by atoms with E-state index in [1.807, 2.05) is 0 Å². The number of nitrogens with zero attached hydrogens (tertiary/aromatic N) is 2. The van der Waals surface area contributed by atoms with Crippen molar-refractivity contribution in [3.8, 4) is 11.3 Å². The van der Waals surface area contributed by atoms with Crippen molar-refractivity contribution in [2.45, 2.75) is 5.92 Å². The Hall–Kier alpha value is -2.22. The summed E-state index contributed by atoms with van der Waals surface area (Å²) in [6.07, 6.45) is 1.65. The number of amides is 1. The van der Waals surface area contributed by atoms with E-state index in [0.29, 0.717) is 20.3 Å². The lowest BCUT2D eigenvalue weighted by Gasteiger charge is -2.18. The molecule has 0 aliphatic rings. The molecule has 4 N–H and O–H groups in total. The summed E-state index contributed by atoms with van der Waals surface area (Å²) in [6, 6.07) is 7.83. The Kier molecular flexibility index (Phi) is 4.89. The Bertz CT molecular complexity index is 919. The molecule has 0 bridgehead atoms. The molecular weight excluding hydrogens is 363 g/mol. The topological polar surface area (TPSA) is 86.9 Å². The molecule has 1 atom stereocenters. The smallest absolute Gasteiger partial charge is 0.259 e. The largest absolute Gasteiger partial charge is 0.365 e. The quantitative estimate of drug-likeness (QED) is 0.715. The van der Waals surface area contributed by atoms with Gasteiger partial charge >= 0.3 is 0 Å². The monoisotopic (exact) mass is 378 g/mol. The van der Waals surface area contributed by atoms with Crippen LogP contribution in [-0.4, -0.2) is 22.2 Å². The first kappa shape index (κ1) is 17.6. The maximum absolute atomic E-state index is 13.3. The lowest BCUT2D eigenvalue weighted by Crippen LogP contribution is -2.19. The second-order valence-electron chi connectivity index (χ2n) is 5.54. The zero-order chi connectivity index (χ0) is 18.1. The van der Waals surface area contributed by atoms with E-state index in [1.54, 1.807) is 36.1 Å². The third-order valence-corrected chi connectivity index (χ3v) is 5.49. The molecule has 25 heavy (non-hydrogen) atoms. The van der Waals surface area contributed by atoms with Gasteiger partial charge in [0.05, 0.1) is 10.6 Å². The molecule has 0 spiro atoms. The van der Waals surface area contributed by atoms with Gasteiger partial charge in [0, 0.05) is 31.3 Å². The van der Waals surface area contributed by atoms with Gasteiger partial charge in [-0.1, -0.05) is 23.7 Å². The Labute approximate surface area is 153 Å². The van der Waals surface area contributed by atoms with Crippen molar-refractivity contribution in [3.63, 3.8) is 0 Å². The second kappa shape index (κ2) is 6.95. The Morgan fingerprint density at radius 1 is 1.36 bits per heavy atom. The van der Waals surface area contributed by atoms with Gasteiger partial charge in [-0.15, -0.1) is 11.3 Å². The molecule has 3 rings (SSSR count). The van der Waals surface area contributed by atoms with E-state index in [2.05, 4.69) is 5.10 Å². The van der Waals surface area contributed by atoms with Gasteiger partial charge in [0.2, 0.25) is 0 Å². The van der Waals surface area contributed by atoms with Crippen molar-refractivity contribution >= 4 is 28.8 Å². The number of primary amides is 1. The van der Waals surface area contributed by atoms with Gasteiger partial charge in [-0.25, -0.2) is 4.39 Å². The molecule has 0 aliphatic carbocycles. The average molecular weight is 379 g/mol. The SMILES string of the molecule is Cn1nccc1-c1c(Cl)sc(C(N)=O)c1C(CN)c1ccc(F)cc1. The molecule has 3 aromatic rings. The van der Waals surface area contributed by atoms with E-state index in [0.717, 1.165) is 22.6 Å². The van der Waals surface area contributed by atoms with E-state index in [4.69, 9.17) is 23.1 Å². The molecule has 1 aromatic carbocycles. The molecular formula is C17H16ClFN4OS. The minimum absolute atomic E-state index is 0.212. The van der Waals surface area contributed by atoms with Gasteiger partial charge in [0.25, 0.3) is 5.91 Å². The molecule has 0 radical (unpaired) electrons. The fourth-order valence-corrected chi connectivity index (χ4v) is 4.28. The Morgan fingerprint density at radius 2 is 2.04 bits per heavy atom. The van der Waals surface area contributed by atoms with Gasteiger partial charge in [-0.05, 0) is 29.3 Å². The van der Waals surface area contributed by atoms with E-state index in [1.165, 1.54) is 12.1 Å². The van der Waals surface area contributed by atoms with Crippen molar-refractivity contribution in [3.05, 3.63) is 62.7 Å². The lowest BCUT2D eigenvalue weighted by atomic mass is 9.88. The predicted octanol–water partition coefficient (Wildman–Crippen LogP) is 3.13. The normalized spacial score (nSPS) is 12.3. The van der Waals surface area contributed by atoms with Gasteiger partial charge in [0.1, 0.15) is 10.2 Å². The maximum Gasteiger partial charge on any atom is 0.259 e. The number of hydrogen-bond donors (Lipinski definition) is 2. The number of thiophene rings is 1. The standard InChI is InChI=1S/C17H16ClFN4OS/c1-23-12(6-7-22-23)14-13(15(17(21)24)25-16(14)18)11(8-20)9-2-4-10(19)5-3-9/h2-7,11H,8,20H2,1H3,(H2,21,24). The third kappa shape index (κ3) is 3.18. The summed E-state index contributed by atoms with van der Waals surface area (Å²) in [6.45, 7) is 0.212. The number of rotatable bonds is 5. The van der Waals surface area contributed by atoms with Crippen LogP contribution in [0.15, 0.2) is 36.5 Å². The average Bonchev–Trinajstić information content (AvgIpc) is 3.13. The van der Waals surface area contributed by atoms with Crippen LogP contribution >= 0.6 is 22.9 Å². The van der Waals surface area contributed by atoms with Crippen molar-refractivity contribution < 1.29 is 9.18 Å². The predicted molar refractivity (Wildman–Crippen MR) is 97.3 cm³/mol. The minimum atomic E-state index is -0.573. The number of aromatic nitrogens is 2. The third-order valence-electron chi connectivity index (χ3n) is 4.06. The highest BCUT2D eigenvalue weighted by Gasteiger charge is 2.29. The lowest BCUT2D eigenvalue weighted by molar-refractivity contribution is 0.100. The van der Waals surface area contributed by atoms with Crippen LogP contribution < -0.4 is 11.5 Å². The van der Waals surface area contributed by atoms with Gasteiger partial charge in [-0.2, -0.15) is 5.10 Å². The number of aryl methyl sites for hydroxylation is 1. The maximum atomic E-state index is 13.3. The van der Waals surface area contributed by atoms with Crippen LogP contribution in [0.1, 0.15) is 26.7 Å². The van der Waals surface area contributed by atoms with E-state index >= 15 is 0 Å². The molecule has 2 heterocycles. The fraction of sp³-hybridized carbons (Fsp3) is 0.176. The van der Waals surface area contributed by atoms with Crippen LogP contribution in [0.5, 0.6) is 0 Å². The molecule has 1 amide bonds. The van der Waals surface area contributed by atoms with Crippen LogP contribution in [0.3, 0.4) is 0 Å².